The zero-order valence-electron chi connectivity index (χ0n) is 13.3. The third kappa shape index (κ3) is 2.94. The molecule has 4 rings (SSSR count). The Morgan fingerprint density at radius 3 is 3.00 bits per heavy atom. The van der Waals surface area contributed by atoms with Crippen LogP contribution in [0.1, 0.15) is 24.4 Å². The third-order valence-electron chi connectivity index (χ3n) is 4.55. The van der Waals surface area contributed by atoms with Gasteiger partial charge < -0.3 is 0 Å². The minimum atomic E-state index is 0.479. The quantitative estimate of drug-likeness (QED) is 0.739. The SMILES string of the molecule is Cc1nc(CN2CCC[C@H]2Cn2cncn2)nc2ccccc12. The van der Waals surface area contributed by atoms with Gasteiger partial charge in [0.2, 0.25) is 0 Å². The maximum Gasteiger partial charge on any atom is 0.143 e. The number of fused-ring (bicyclic) bond motifs is 1. The molecule has 0 radical (unpaired) electrons. The Balaban J connectivity index is 1.54. The van der Waals surface area contributed by atoms with Crippen molar-refractivity contribution in [3.63, 3.8) is 0 Å². The molecule has 0 N–H and O–H groups in total. The first-order chi connectivity index (χ1) is 11.3. The first-order valence-electron chi connectivity index (χ1n) is 8.08. The van der Waals surface area contributed by atoms with Crippen molar-refractivity contribution in [3.05, 3.63) is 48.4 Å². The van der Waals surface area contributed by atoms with Crippen molar-refractivity contribution in [2.45, 2.75) is 38.9 Å². The molecule has 1 fully saturated rings. The highest BCUT2D eigenvalue weighted by Crippen LogP contribution is 2.22. The molecule has 1 saturated heterocycles. The fourth-order valence-corrected chi connectivity index (χ4v) is 3.40. The van der Waals surface area contributed by atoms with Crippen LogP contribution in [-0.2, 0) is 13.1 Å². The normalized spacial score (nSPS) is 18.7. The Morgan fingerprint density at radius 2 is 2.13 bits per heavy atom. The number of benzene rings is 1. The van der Waals surface area contributed by atoms with E-state index < -0.39 is 0 Å². The summed E-state index contributed by atoms with van der Waals surface area (Å²) in [4.78, 5) is 15.9. The minimum Gasteiger partial charge on any atom is -0.291 e. The summed E-state index contributed by atoms with van der Waals surface area (Å²) in [5.74, 6) is 0.909. The standard InChI is InChI=1S/C17H20N6/c1-13-15-6-2-3-7-16(15)21-17(20-13)10-22-8-4-5-14(22)9-23-12-18-11-19-23/h2-3,6-7,11-12,14H,4-5,8-10H2,1H3/t14-/m0/s1. The molecule has 1 aliphatic heterocycles. The van der Waals surface area contributed by atoms with Crippen LogP contribution >= 0.6 is 0 Å². The molecule has 0 spiro atoms. The number of hydrogen-bond acceptors (Lipinski definition) is 5. The smallest absolute Gasteiger partial charge is 0.143 e. The number of likely N-dealkylation sites (tertiary alicyclic amines) is 1. The molecule has 0 unspecified atom stereocenters. The third-order valence-corrected chi connectivity index (χ3v) is 4.55. The van der Waals surface area contributed by atoms with E-state index in [1.807, 2.05) is 16.8 Å². The summed E-state index contributed by atoms with van der Waals surface area (Å²) in [6.45, 7) is 4.83. The van der Waals surface area contributed by atoms with Crippen molar-refractivity contribution in [1.29, 1.82) is 0 Å². The van der Waals surface area contributed by atoms with Gasteiger partial charge in [-0.2, -0.15) is 5.10 Å². The van der Waals surface area contributed by atoms with Crippen molar-refractivity contribution in [3.8, 4) is 0 Å². The lowest BCUT2D eigenvalue weighted by Crippen LogP contribution is -2.33. The molecule has 1 aliphatic rings. The maximum atomic E-state index is 4.74. The largest absolute Gasteiger partial charge is 0.291 e. The highest BCUT2D eigenvalue weighted by atomic mass is 15.3. The van der Waals surface area contributed by atoms with Crippen LogP contribution in [-0.4, -0.2) is 42.2 Å². The summed E-state index contributed by atoms with van der Waals surface area (Å²) in [5.41, 5.74) is 2.08. The summed E-state index contributed by atoms with van der Waals surface area (Å²) >= 11 is 0. The van der Waals surface area contributed by atoms with E-state index in [4.69, 9.17) is 9.97 Å². The molecule has 1 atom stereocenters. The van der Waals surface area contributed by atoms with Gasteiger partial charge in [0.05, 0.1) is 18.6 Å². The van der Waals surface area contributed by atoms with E-state index in [1.165, 1.54) is 12.8 Å². The summed E-state index contributed by atoms with van der Waals surface area (Å²) in [7, 11) is 0. The van der Waals surface area contributed by atoms with Gasteiger partial charge in [-0.25, -0.2) is 15.0 Å². The molecular formula is C17H20N6. The molecular weight excluding hydrogens is 288 g/mol. The first kappa shape index (κ1) is 14.3. The molecule has 0 saturated carbocycles. The van der Waals surface area contributed by atoms with E-state index >= 15 is 0 Å². The Kier molecular flexibility index (Phi) is 3.75. The number of aryl methyl sites for hydroxylation is 1. The average molecular weight is 308 g/mol. The molecule has 118 valence electrons. The predicted octanol–water partition coefficient (Wildman–Crippen LogP) is 2.19. The van der Waals surface area contributed by atoms with Gasteiger partial charge >= 0.3 is 0 Å². The predicted molar refractivity (Wildman–Crippen MR) is 87.7 cm³/mol. The van der Waals surface area contributed by atoms with Crippen LogP contribution in [0, 0.1) is 6.92 Å². The van der Waals surface area contributed by atoms with Gasteiger partial charge in [0.25, 0.3) is 0 Å². The molecule has 6 heteroatoms. The fraction of sp³-hybridized carbons (Fsp3) is 0.412. The molecule has 0 amide bonds. The van der Waals surface area contributed by atoms with E-state index in [1.54, 1.807) is 12.7 Å². The van der Waals surface area contributed by atoms with E-state index in [-0.39, 0.29) is 0 Å². The van der Waals surface area contributed by atoms with E-state index in [9.17, 15) is 0 Å². The van der Waals surface area contributed by atoms with Crippen LogP contribution in [0.5, 0.6) is 0 Å². The number of aromatic nitrogens is 5. The number of hydrogen-bond donors (Lipinski definition) is 0. The van der Waals surface area contributed by atoms with Gasteiger partial charge in [0.15, 0.2) is 0 Å². The van der Waals surface area contributed by atoms with Gasteiger partial charge in [0.1, 0.15) is 18.5 Å². The fourth-order valence-electron chi connectivity index (χ4n) is 3.40. The summed E-state index contributed by atoms with van der Waals surface area (Å²) in [6.07, 6.45) is 5.78. The monoisotopic (exact) mass is 308 g/mol. The number of nitrogens with zero attached hydrogens (tertiary/aromatic N) is 6. The van der Waals surface area contributed by atoms with Crippen LogP contribution in [0.15, 0.2) is 36.9 Å². The van der Waals surface area contributed by atoms with E-state index in [2.05, 4.69) is 34.0 Å². The van der Waals surface area contributed by atoms with E-state index in [0.717, 1.165) is 42.1 Å². The Hall–Kier alpha value is -2.34. The highest BCUT2D eigenvalue weighted by Gasteiger charge is 2.26. The number of para-hydroxylation sites is 1. The lowest BCUT2D eigenvalue weighted by atomic mass is 10.2. The first-order valence-corrected chi connectivity index (χ1v) is 8.08. The second kappa shape index (κ2) is 6.04. The topological polar surface area (TPSA) is 59.7 Å². The van der Waals surface area contributed by atoms with Gasteiger partial charge in [-0.1, -0.05) is 18.2 Å². The lowest BCUT2D eigenvalue weighted by molar-refractivity contribution is 0.214. The van der Waals surface area contributed by atoms with Crippen molar-refractivity contribution >= 4 is 10.9 Å². The van der Waals surface area contributed by atoms with Crippen LogP contribution in [0.2, 0.25) is 0 Å². The summed E-state index contributed by atoms with van der Waals surface area (Å²) in [5, 5.41) is 5.36. The molecule has 3 heterocycles. The van der Waals surface area contributed by atoms with Crippen LogP contribution in [0.25, 0.3) is 10.9 Å². The Bertz CT molecular complexity index is 798. The molecule has 2 aromatic heterocycles. The van der Waals surface area contributed by atoms with Crippen molar-refractivity contribution in [2.75, 3.05) is 6.54 Å². The molecule has 23 heavy (non-hydrogen) atoms. The van der Waals surface area contributed by atoms with Crippen LogP contribution < -0.4 is 0 Å². The zero-order valence-corrected chi connectivity index (χ0v) is 13.3. The molecule has 3 aromatic rings. The average Bonchev–Trinajstić information content (AvgIpc) is 3.21. The molecule has 0 aliphatic carbocycles. The molecule has 0 bridgehead atoms. The molecule has 1 aromatic carbocycles. The number of rotatable bonds is 4. The van der Waals surface area contributed by atoms with Crippen molar-refractivity contribution in [1.82, 2.24) is 29.6 Å². The minimum absolute atomic E-state index is 0.479. The second-order valence-electron chi connectivity index (χ2n) is 6.13. The molecule has 6 nitrogen and oxygen atoms in total. The highest BCUT2D eigenvalue weighted by molar-refractivity contribution is 5.80. The zero-order chi connectivity index (χ0) is 15.6. The summed E-state index contributed by atoms with van der Waals surface area (Å²) < 4.78 is 1.91. The lowest BCUT2D eigenvalue weighted by Gasteiger charge is -2.23. The van der Waals surface area contributed by atoms with E-state index in [0.29, 0.717) is 6.04 Å². The van der Waals surface area contributed by atoms with Gasteiger partial charge in [-0.05, 0) is 32.4 Å². The van der Waals surface area contributed by atoms with Crippen LogP contribution in [0.3, 0.4) is 0 Å². The van der Waals surface area contributed by atoms with Gasteiger partial charge in [-0.3, -0.25) is 9.58 Å². The second-order valence-corrected chi connectivity index (χ2v) is 6.13. The maximum absolute atomic E-state index is 4.74. The van der Waals surface area contributed by atoms with Crippen molar-refractivity contribution < 1.29 is 0 Å². The van der Waals surface area contributed by atoms with Crippen LogP contribution in [0.4, 0.5) is 0 Å². The Labute approximate surface area is 135 Å². The van der Waals surface area contributed by atoms with Gasteiger partial charge in [0, 0.05) is 17.1 Å². The summed E-state index contributed by atoms with van der Waals surface area (Å²) in [6, 6.07) is 8.68. The van der Waals surface area contributed by atoms with Gasteiger partial charge in [-0.15, -0.1) is 0 Å². The van der Waals surface area contributed by atoms with Crippen molar-refractivity contribution in [2.24, 2.45) is 0 Å². The Morgan fingerprint density at radius 1 is 1.22 bits per heavy atom.